The van der Waals surface area contributed by atoms with E-state index in [-0.39, 0.29) is 36.6 Å². The van der Waals surface area contributed by atoms with Crippen molar-refractivity contribution < 1.29 is 28.5 Å². The van der Waals surface area contributed by atoms with Crippen molar-refractivity contribution >= 4 is 25.1 Å². The molecule has 0 aliphatic carbocycles. The zero-order valence-electron chi connectivity index (χ0n) is 21.3. The molecule has 0 spiro atoms. The Kier molecular flexibility index (Phi) is 8.99. The Labute approximate surface area is 210 Å². The molecule has 1 unspecified atom stereocenters. The topological polar surface area (TPSA) is 99.9 Å². The van der Waals surface area contributed by atoms with Crippen LogP contribution in [0.3, 0.4) is 0 Å². The van der Waals surface area contributed by atoms with Gasteiger partial charge in [-0.2, -0.15) is 0 Å². The molecule has 10 heteroatoms. The number of carbonyl (C=O) groups excluding carboxylic acids is 1. The van der Waals surface area contributed by atoms with Gasteiger partial charge in [-0.05, 0) is 30.2 Å². The molecule has 2 heterocycles. The number of halogens is 1. The van der Waals surface area contributed by atoms with E-state index in [1.807, 2.05) is 0 Å². The van der Waals surface area contributed by atoms with Gasteiger partial charge in [-0.25, -0.2) is 9.18 Å². The number of pyridine rings is 2. The molecule has 0 radical (unpaired) electrons. The van der Waals surface area contributed by atoms with Crippen LogP contribution in [0.5, 0.6) is 5.75 Å². The maximum Gasteiger partial charge on any atom is 0.347 e. The maximum atomic E-state index is 15.7. The lowest BCUT2D eigenvalue weighted by Gasteiger charge is -2.17. The number of alkyl halides is 1. The second kappa shape index (κ2) is 11.8. The van der Waals surface area contributed by atoms with E-state index in [0.29, 0.717) is 17.7 Å². The summed E-state index contributed by atoms with van der Waals surface area (Å²) in [6.07, 6.45) is -0.278. The van der Waals surface area contributed by atoms with E-state index in [1.165, 1.54) is 19.3 Å². The molecule has 2 aromatic heterocycles. The smallest absolute Gasteiger partial charge is 0.347 e. The predicted octanol–water partition coefficient (Wildman–Crippen LogP) is 4.70. The van der Waals surface area contributed by atoms with Crippen LogP contribution in [0.15, 0.2) is 41.3 Å². The molecule has 36 heavy (non-hydrogen) atoms. The van der Waals surface area contributed by atoms with Crippen LogP contribution in [0.4, 0.5) is 4.39 Å². The normalized spacial score (nSPS) is 12.6. The molecule has 0 bridgehead atoms. The van der Waals surface area contributed by atoms with Crippen molar-refractivity contribution in [3.05, 3.63) is 69.1 Å². The first-order valence-electron chi connectivity index (χ1n) is 11.8. The number of aromatic nitrogens is 2. The minimum Gasteiger partial charge on any atom is -0.505 e. The minimum absolute atomic E-state index is 0.00295. The highest BCUT2D eigenvalue weighted by molar-refractivity contribution is 6.76. The van der Waals surface area contributed by atoms with Crippen molar-refractivity contribution in [2.24, 2.45) is 7.05 Å². The van der Waals surface area contributed by atoms with Gasteiger partial charge in [0.25, 0.3) is 5.56 Å². The van der Waals surface area contributed by atoms with Crippen LogP contribution in [0.1, 0.15) is 40.1 Å². The van der Waals surface area contributed by atoms with Crippen LogP contribution in [0.2, 0.25) is 25.7 Å². The molecule has 0 saturated carbocycles. The van der Waals surface area contributed by atoms with Crippen molar-refractivity contribution in [1.29, 1.82) is 0 Å². The summed E-state index contributed by atoms with van der Waals surface area (Å²) in [5, 5.41) is 10.5. The lowest BCUT2D eigenvalue weighted by Crippen LogP contribution is -2.26. The van der Waals surface area contributed by atoms with Crippen molar-refractivity contribution in [3.8, 4) is 5.75 Å². The van der Waals surface area contributed by atoms with Crippen molar-refractivity contribution in [2.75, 3.05) is 20.0 Å². The molecule has 0 amide bonds. The lowest BCUT2D eigenvalue weighted by molar-refractivity contribution is -0.0576. The number of esters is 1. The number of fused-ring (bicyclic) bond motifs is 1. The van der Waals surface area contributed by atoms with Crippen LogP contribution in [-0.4, -0.2) is 48.7 Å². The van der Waals surface area contributed by atoms with E-state index in [1.54, 1.807) is 31.2 Å². The van der Waals surface area contributed by atoms with Crippen LogP contribution in [0, 0.1) is 0 Å². The van der Waals surface area contributed by atoms with E-state index in [2.05, 4.69) is 24.6 Å². The molecule has 194 valence electrons. The lowest BCUT2D eigenvalue weighted by atomic mass is 9.98. The number of aromatic hydroxyl groups is 1. The van der Waals surface area contributed by atoms with Crippen LogP contribution < -0.4 is 5.56 Å². The first-order chi connectivity index (χ1) is 17.0. The van der Waals surface area contributed by atoms with Gasteiger partial charge in [0.1, 0.15) is 12.3 Å². The Morgan fingerprint density at radius 1 is 1.22 bits per heavy atom. The van der Waals surface area contributed by atoms with E-state index < -0.39 is 37.1 Å². The number of hydrogen-bond donors (Lipinski definition) is 1. The average molecular weight is 517 g/mol. The molecule has 3 aromatic rings. The van der Waals surface area contributed by atoms with Gasteiger partial charge in [0.15, 0.2) is 17.5 Å². The van der Waals surface area contributed by atoms with Gasteiger partial charge in [-0.3, -0.25) is 9.78 Å². The Morgan fingerprint density at radius 2 is 1.94 bits per heavy atom. The summed E-state index contributed by atoms with van der Waals surface area (Å²) in [4.78, 5) is 29.1. The van der Waals surface area contributed by atoms with E-state index in [0.717, 1.165) is 10.6 Å². The number of hydrogen-bond acceptors (Lipinski definition) is 7. The maximum absolute atomic E-state index is 15.7. The van der Waals surface area contributed by atoms with Gasteiger partial charge >= 0.3 is 5.97 Å². The Balaban J connectivity index is 1.83. The molecule has 1 aromatic carbocycles. The van der Waals surface area contributed by atoms with Gasteiger partial charge < -0.3 is 23.9 Å². The number of carbonyl (C=O) groups is 1. The van der Waals surface area contributed by atoms with Crippen LogP contribution in [0.25, 0.3) is 11.0 Å². The molecule has 8 nitrogen and oxygen atoms in total. The van der Waals surface area contributed by atoms with Crippen LogP contribution >= 0.6 is 0 Å². The zero-order valence-corrected chi connectivity index (χ0v) is 22.3. The van der Waals surface area contributed by atoms with E-state index in [9.17, 15) is 14.7 Å². The molecular formula is C26H33FN2O6Si. The van der Waals surface area contributed by atoms with Gasteiger partial charge in [0.2, 0.25) is 0 Å². The number of ether oxygens (including phenoxy) is 3. The van der Waals surface area contributed by atoms with Crippen molar-refractivity contribution in [2.45, 2.75) is 45.4 Å². The Hall–Kier alpha value is -3.08. The van der Waals surface area contributed by atoms with E-state index in [4.69, 9.17) is 14.2 Å². The highest BCUT2D eigenvalue weighted by atomic mass is 28.3. The van der Waals surface area contributed by atoms with Gasteiger partial charge in [0.05, 0.1) is 18.7 Å². The average Bonchev–Trinajstić information content (AvgIpc) is 2.84. The molecule has 0 aliphatic heterocycles. The highest BCUT2D eigenvalue weighted by Crippen LogP contribution is 2.32. The summed E-state index contributed by atoms with van der Waals surface area (Å²) < 4.78 is 32.9. The predicted molar refractivity (Wildman–Crippen MR) is 138 cm³/mol. The molecule has 0 aliphatic rings. The molecule has 1 atom stereocenters. The van der Waals surface area contributed by atoms with Gasteiger partial charge in [0, 0.05) is 33.5 Å². The zero-order chi connectivity index (χ0) is 26.5. The first-order valence-corrected chi connectivity index (χ1v) is 15.5. The summed E-state index contributed by atoms with van der Waals surface area (Å²) in [6, 6.07) is 9.47. The fourth-order valence-corrected chi connectivity index (χ4v) is 4.43. The Morgan fingerprint density at radius 3 is 2.64 bits per heavy atom. The molecule has 1 N–H and O–H groups in total. The van der Waals surface area contributed by atoms with E-state index >= 15 is 4.39 Å². The molecule has 0 fully saturated rings. The van der Waals surface area contributed by atoms with Crippen molar-refractivity contribution in [3.63, 3.8) is 0 Å². The first kappa shape index (κ1) is 27.5. The summed E-state index contributed by atoms with van der Waals surface area (Å²) in [5.74, 6) is -1.53. The second-order valence-electron chi connectivity index (χ2n) is 9.69. The molecule has 0 saturated heterocycles. The van der Waals surface area contributed by atoms with Crippen LogP contribution in [-0.2, 0) is 27.9 Å². The minimum atomic E-state index is -1.56. The standard InChI is InChI=1S/C26H33FN2O6Si/c1-6-35-26(32)21-24(30)23-20(29(2)25(21)31)13-18(14-28-23)22(27)19-10-8-7-9-17(19)15-34-16-33-11-12-36(3,4)5/h7-10,13-14,22,30H,6,11-12,15-16H2,1-5H3. The molecular weight excluding hydrogens is 483 g/mol. The number of benzene rings is 1. The highest BCUT2D eigenvalue weighted by Gasteiger charge is 2.25. The fraction of sp³-hybridized carbons (Fsp3) is 0.423. The quantitative estimate of drug-likeness (QED) is 0.171. The summed E-state index contributed by atoms with van der Waals surface area (Å²) in [5.41, 5.74) is 0.193. The van der Waals surface area contributed by atoms with Crippen molar-refractivity contribution in [1.82, 2.24) is 9.55 Å². The largest absolute Gasteiger partial charge is 0.505 e. The third-order valence-electron chi connectivity index (χ3n) is 5.75. The number of nitrogens with zero attached hydrogens (tertiary/aromatic N) is 2. The summed E-state index contributed by atoms with van der Waals surface area (Å²) >= 11 is 0. The monoisotopic (exact) mass is 516 g/mol. The second-order valence-corrected chi connectivity index (χ2v) is 15.3. The third-order valence-corrected chi connectivity index (χ3v) is 7.45. The van der Waals surface area contributed by atoms with Gasteiger partial charge in [-0.1, -0.05) is 43.9 Å². The van der Waals surface area contributed by atoms with Gasteiger partial charge in [-0.15, -0.1) is 0 Å². The SMILES string of the molecule is CCOC(=O)c1c(O)c2ncc(C(F)c3ccccc3COCOCC[Si](C)(C)C)cc2n(C)c1=O. The number of rotatable bonds is 11. The Bertz CT molecular complexity index is 1290. The number of aryl methyl sites for hydroxylation is 1. The summed E-state index contributed by atoms with van der Waals surface area (Å²) in [7, 11) is 0.244. The molecule has 3 rings (SSSR count). The fourth-order valence-electron chi connectivity index (χ4n) is 3.67. The third kappa shape index (κ3) is 6.37. The summed E-state index contributed by atoms with van der Waals surface area (Å²) in [6.45, 7) is 9.39.